The van der Waals surface area contributed by atoms with E-state index in [1.165, 1.54) is 6.07 Å². The van der Waals surface area contributed by atoms with Crippen LogP contribution in [-0.2, 0) is 11.3 Å². The van der Waals surface area contributed by atoms with E-state index in [9.17, 15) is 19.8 Å². The van der Waals surface area contributed by atoms with Gasteiger partial charge in [-0.05, 0) is 55.0 Å². The highest BCUT2D eigenvalue weighted by Crippen LogP contribution is 2.32. The van der Waals surface area contributed by atoms with E-state index >= 15 is 0 Å². The predicted octanol–water partition coefficient (Wildman–Crippen LogP) is 3.87. The summed E-state index contributed by atoms with van der Waals surface area (Å²) in [5, 5.41) is 25.9. The number of nitrogens with zero attached hydrogens (tertiary/aromatic N) is 2. The van der Waals surface area contributed by atoms with Gasteiger partial charge in [0.1, 0.15) is 23.6 Å². The number of phenolic OH excluding ortho intramolecular Hbond substituents is 1. The van der Waals surface area contributed by atoms with E-state index in [0.717, 1.165) is 65.6 Å². The number of thiazole rings is 1. The van der Waals surface area contributed by atoms with Crippen LogP contribution in [-0.4, -0.2) is 89.0 Å². The summed E-state index contributed by atoms with van der Waals surface area (Å²) in [6, 6.07) is 13.0. The van der Waals surface area contributed by atoms with Crippen LogP contribution in [0.25, 0.3) is 10.2 Å². The van der Waals surface area contributed by atoms with Crippen LogP contribution in [0.4, 0.5) is 0 Å². The minimum Gasteiger partial charge on any atom is -0.506 e. The Kier molecular flexibility index (Phi) is 9.36. The van der Waals surface area contributed by atoms with E-state index in [1.807, 2.05) is 47.5 Å². The topological polar surface area (TPSA) is 127 Å². The van der Waals surface area contributed by atoms with Crippen molar-refractivity contribution in [1.82, 2.24) is 20.1 Å². The highest BCUT2D eigenvalue weighted by molar-refractivity contribution is 7.16. The SMILES string of the molecule is Cc1sccc1C(=O)N1CCOC2(CCN(CCOc3ccc(CNCC(O)c4ccc(O)c5[nH]c(=O)sc45)cc3)CC2)C1. The first-order chi connectivity index (χ1) is 21.3. The second-order valence-electron chi connectivity index (χ2n) is 11.5. The van der Waals surface area contributed by atoms with E-state index in [0.29, 0.717) is 55.2 Å². The number of phenols is 1. The molecule has 6 rings (SSSR count). The zero-order valence-electron chi connectivity index (χ0n) is 24.7. The fourth-order valence-corrected chi connectivity index (χ4v) is 7.65. The van der Waals surface area contributed by atoms with Crippen LogP contribution in [0.2, 0.25) is 0 Å². The van der Waals surface area contributed by atoms with Crippen molar-refractivity contribution in [1.29, 1.82) is 0 Å². The van der Waals surface area contributed by atoms with Crippen LogP contribution in [0.5, 0.6) is 11.5 Å². The number of aliphatic hydroxyl groups excluding tert-OH is 1. The number of amides is 1. The van der Waals surface area contributed by atoms with Gasteiger partial charge in [-0.2, -0.15) is 0 Å². The highest BCUT2D eigenvalue weighted by atomic mass is 32.1. The van der Waals surface area contributed by atoms with Crippen molar-refractivity contribution in [3.05, 3.63) is 79.1 Å². The molecule has 1 spiro atoms. The predicted molar refractivity (Wildman–Crippen MR) is 172 cm³/mol. The quantitative estimate of drug-likeness (QED) is 0.206. The number of carbonyl (C=O) groups is 1. The normalized spacial score (nSPS) is 17.7. The summed E-state index contributed by atoms with van der Waals surface area (Å²) < 4.78 is 12.9. The number of fused-ring (bicyclic) bond motifs is 1. The Morgan fingerprint density at radius 3 is 2.70 bits per heavy atom. The number of hydrogen-bond acceptors (Lipinski definition) is 10. The number of rotatable bonds is 10. The molecular formula is C32H38N4O6S2. The third-order valence-electron chi connectivity index (χ3n) is 8.61. The second-order valence-corrected chi connectivity index (χ2v) is 13.6. The first-order valence-electron chi connectivity index (χ1n) is 15.0. The zero-order chi connectivity index (χ0) is 30.7. The van der Waals surface area contributed by atoms with Gasteiger partial charge in [-0.25, -0.2) is 0 Å². The van der Waals surface area contributed by atoms with Crippen molar-refractivity contribution < 1.29 is 24.5 Å². The molecule has 2 fully saturated rings. The Hall–Kier alpha value is -3.26. The molecule has 4 N–H and O–H groups in total. The maximum atomic E-state index is 13.1. The average molecular weight is 639 g/mol. The number of carbonyl (C=O) groups excluding carboxylic acids is 1. The lowest BCUT2D eigenvalue weighted by Crippen LogP contribution is -2.58. The molecule has 12 heteroatoms. The van der Waals surface area contributed by atoms with E-state index in [1.54, 1.807) is 17.4 Å². The van der Waals surface area contributed by atoms with Crippen LogP contribution in [0.15, 0.2) is 52.6 Å². The maximum Gasteiger partial charge on any atom is 0.305 e. The average Bonchev–Trinajstić information content (AvgIpc) is 3.64. The number of morpholine rings is 1. The molecule has 10 nitrogen and oxygen atoms in total. The molecule has 4 heterocycles. The number of benzene rings is 2. The molecule has 1 amide bonds. The summed E-state index contributed by atoms with van der Waals surface area (Å²) in [4.78, 5) is 32.6. The number of piperidine rings is 1. The van der Waals surface area contributed by atoms with Gasteiger partial charge in [-0.3, -0.25) is 14.5 Å². The molecule has 2 aromatic carbocycles. The molecule has 0 radical (unpaired) electrons. The minimum absolute atomic E-state index is 0.00578. The Morgan fingerprint density at radius 1 is 1.16 bits per heavy atom. The number of aryl methyl sites for hydroxylation is 1. The lowest BCUT2D eigenvalue weighted by atomic mass is 9.89. The molecule has 0 bridgehead atoms. The first kappa shape index (κ1) is 30.8. The number of ether oxygens (including phenoxy) is 2. The Bertz CT molecular complexity index is 1640. The summed E-state index contributed by atoms with van der Waals surface area (Å²) in [6.45, 7) is 8.00. The Labute approximate surface area is 263 Å². The van der Waals surface area contributed by atoms with Crippen molar-refractivity contribution in [2.45, 2.75) is 38.0 Å². The molecule has 44 heavy (non-hydrogen) atoms. The lowest BCUT2D eigenvalue weighted by molar-refractivity contribution is -0.127. The van der Waals surface area contributed by atoms with E-state index < -0.39 is 6.10 Å². The summed E-state index contributed by atoms with van der Waals surface area (Å²) in [5.74, 6) is 0.924. The second kappa shape index (κ2) is 13.4. The molecule has 2 saturated heterocycles. The van der Waals surface area contributed by atoms with Crippen LogP contribution in [0.3, 0.4) is 0 Å². The molecule has 1 atom stereocenters. The Morgan fingerprint density at radius 2 is 1.95 bits per heavy atom. The molecule has 2 aliphatic rings. The smallest absolute Gasteiger partial charge is 0.305 e. The van der Waals surface area contributed by atoms with Crippen molar-refractivity contribution in [2.24, 2.45) is 0 Å². The number of nitrogens with one attached hydrogen (secondary N) is 2. The van der Waals surface area contributed by atoms with Crippen molar-refractivity contribution in [3.8, 4) is 11.5 Å². The number of aromatic nitrogens is 1. The number of aliphatic hydroxyl groups is 1. The van der Waals surface area contributed by atoms with Gasteiger partial charge in [-0.1, -0.05) is 29.5 Å². The molecule has 2 aromatic heterocycles. The Balaban J connectivity index is 0.912. The van der Waals surface area contributed by atoms with Crippen LogP contribution >= 0.6 is 22.7 Å². The van der Waals surface area contributed by atoms with Gasteiger partial charge >= 0.3 is 4.87 Å². The van der Waals surface area contributed by atoms with Gasteiger partial charge in [0, 0.05) is 49.7 Å². The molecule has 4 aromatic rings. The van der Waals surface area contributed by atoms with E-state index in [-0.39, 0.29) is 22.1 Å². The molecule has 0 aliphatic carbocycles. The number of likely N-dealkylation sites (tertiary alicyclic amines) is 1. The van der Waals surface area contributed by atoms with Gasteiger partial charge in [0.05, 0.1) is 35.1 Å². The van der Waals surface area contributed by atoms with Crippen molar-refractivity contribution in [3.63, 3.8) is 0 Å². The molecule has 234 valence electrons. The third kappa shape index (κ3) is 6.85. The minimum atomic E-state index is -0.821. The number of hydrogen-bond donors (Lipinski definition) is 4. The fraction of sp³-hybridized carbons (Fsp3) is 0.438. The van der Waals surface area contributed by atoms with E-state index in [4.69, 9.17) is 9.47 Å². The first-order valence-corrected chi connectivity index (χ1v) is 16.6. The number of aromatic hydroxyl groups is 1. The third-order valence-corrected chi connectivity index (χ3v) is 10.4. The van der Waals surface area contributed by atoms with Crippen molar-refractivity contribution >= 4 is 38.8 Å². The van der Waals surface area contributed by atoms with Crippen LogP contribution < -0.4 is 14.9 Å². The lowest BCUT2D eigenvalue weighted by Gasteiger charge is -2.47. The van der Waals surface area contributed by atoms with E-state index in [2.05, 4.69) is 15.2 Å². The van der Waals surface area contributed by atoms with Gasteiger partial charge in [0.15, 0.2) is 0 Å². The summed E-state index contributed by atoms with van der Waals surface area (Å²) in [5.41, 5.74) is 2.58. The molecule has 2 aliphatic heterocycles. The van der Waals surface area contributed by atoms with Gasteiger partial charge in [0.2, 0.25) is 0 Å². The highest BCUT2D eigenvalue weighted by Gasteiger charge is 2.41. The number of H-pyrrole nitrogens is 1. The summed E-state index contributed by atoms with van der Waals surface area (Å²) in [7, 11) is 0. The van der Waals surface area contributed by atoms with Crippen LogP contribution in [0.1, 0.15) is 45.3 Å². The summed E-state index contributed by atoms with van der Waals surface area (Å²) >= 11 is 2.59. The standard InChI is InChI=1S/C32H38N4O6S2/c1-21-24(8-17-43-21)30(39)36-14-16-42-32(20-36)9-11-35(12-10-32)13-15-41-23-4-2-22(3-5-23)18-33-19-27(38)25-6-7-26(37)28-29(25)44-31(40)34-28/h2-8,17,27,33,37-38H,9-16,18-20H2,1H3,(H,34,40). The van der Waals surface area contributed by atoms with Crippen molar-refractivity contribution in [2.75, 3.05) is 52.5 Å². The van der Waals surface area contributed by atoms with Gasteiger partial charge in [0.25, 0.3) is 5.91 Å². The maximum absolute atomic E-state index is 13.1. The number of thiophene rings is 1. The van der Waals surface area contributed by atoms with Crippen LogP contribution in [0, 0.1) is 6.92 Å². The fourth-order valence-electron chi connectivity index (χ4n) is 6.04. The molecule has 0 saturated carbocycles. The number of aromatic amines is 1. The summed E-state index contributed by atoms with van der Waals surface area (Å²) in [6.07, 6.45) is 0.982. The van der Waals surface area contributed by atoms with Gasteiger partial charge in [-0.15, -0.1) is 11.3 Å². The largest absolute Gasteiger partial charge is 0.506 e. The molecule has 1 unspecified atom stereocenters. The van der Waals surface area contributed by atoms with Gasteiger partial charge < -0.3 is 34.9 Å². The monoisotopic (exact) mass is 638 g/mol. The zero-order valence-corrected chi connectivity index (χ0v) is 26.3. The molecular weight excluding hydrogens is 601 g/mol.